The molecule has 1 aromatic rings. The molecule has 7 nitrogen and oxygen atoms in total. The summed E-state index contributed by atoms with van der Waals surface area (Å²) in [5, 5.41) is 0. The second-order valence-corrected chi connectivity index (χ2v) is 8.93. The highest BCUT2D eigenvalue weighted by atomic mass is 32.2. The van der Waals surface area contributed by atoms with Crippen LogP contribution >= 0.6 is 0 Å². The van der Waals surface area contributed by atoms with E-state index in [0.717, 1.165) is 0 Å². The smallest absolute Gasteiger partial charge is 0.253 e. The van der Waals surface area contributed by atoms with E-state index in [2.05, 4.69) is 6.58 Å². The number of carbonyl (C=O) groups excluding carboxylic acids is 2. The zero-order valence-corrected chi connectivity index (χ0v) is 16.4. The molecular weight excluding hydrogens is 354 g/mol. The van der Waals surface area contributed by atoms with E-state index in [9.17, 15) is 18.0 Å². The van der Waals surface area contributed by atoms with Crippen LogP contribution in [0.2, 0.25) is 0 Å². The van der Waals surface area contributed by atoms with Crippen LogP contribution in [0.1, 0.15) is 24.2 Å². The van der Waals surface area contributed by atoms with Gasteiger partial charge in [-0.1, -0.05) is 6.58 Å². The maximum atomic E-state index is 12.8. The van der Waals surface area contributed by atoms with Gasteiger partial charge in [0.05, 0.1) is 6.26 Å². The van der Waals surface area contributed by atoms with Crippen LogP contribution in [0.5, 0.6) is 0 Å². The largest absolute Gasteiger partial charge is 0.335 e. The number of hydrogen-bond acceptors (Lipinski definition) is 4. The first kappa shape index (κ1) is 20.1. The molecule has 0 N–H and O–H groups in total. The molecule has 2 amide bonds. The van der Waals surface area contributed by atoms with Crippen molar-refractivity contribution in [2.45, 2.75) is 19.4 Å². The number of nitrogens with zero attached hydrogens (tertiary/aromatic N) is 3. The molecule has 1 saturated heterocycles. The number of rotatable bonds is 4. The van der Waals surface area contributed by atoms with Gasteiger partial charge in [0.1, 0.15) is 0 Å². The fourth-order valence-electron chi connectivity index (χ4n) is 3.20. The minimum atomic E-state index is -3.32. The molecule has 0 atom stereocenters. The van der Waals surface area contributed by atoms with E-state index in [1.54, 1.807) is 36.2 Å². The van der Waals surface area contributed by atoms with Crippen LogP contribution in [0, 0.1) is 0 Å². The second-order valence-electron chi connectivity index (χ2n) is 7.02. The van der Waals surface area contributed by atoms with Crippen molar-refractivity contribution in [2.24, 2.45) is 0 Å². The summed E-state index contributed by atoms with van der Waals surface area (Å²) >= 11 is 0. The van der Waals surface area contributed by atoms with Crippen molar-refractivity contribution in [3.63, 3.8) is 0 Å². The Morgan fingerprint density at radius 2 is 1.77 bits per heavy atom. The topological polar surface area (TPSA) is 78.0 Å². The van der Waals surface area contributed by atoms with Gasteiger partial charge < -0.3 is 9.80 Å². The van der Waals surface area contributed by atoms with E-state index in [4.69, 9.17) is 0 Å². The molecule has 26 heavy (non-hydrogen) atoms. The molecule has 1 fully saturated rings. The van der Waals surface area contributed by atoms with E-state index in [1.165, 1.54) is 21.5 Å². The molecule has 1 heterocycles. The molecule has 0 aliphatic carbocycles. The summed E-state index contributed by atoms with van der Waals surface area (Å²) in [6, 6.07) is 6.74. The molecule has 0 unspecified atom stereocenters. The van der Waals surface area contributed by atoms with Crippen molar-refractivity contribution in [1.29, 1.82) is 0 Å². The Morgan fingerprint density at radius 1 is 1.19 bits per heavy atom. The lowest BCUT2D eigenvalue weighted by molar-refractivity contribution is -0.113. The van der Waals surface area contributed by atoms with Crippen LogP contribution in [0.25, 0.3) is 0 Å². The molecule has 1 aliphatic heterocycles. The molecule has 2 rings (SSSR count). The molecule has 0 spiro atoms. The standard InChI is InChI=1S/C18H25N3O4S/c1-6-16(22)19(4)15-9-7-14(8-10-15)17(23)20-11-12-21(26(5,24)25)18(2,3)13-20/h6-10H,1,11-13H2,2-5H3. The maximum absolute atomic E-state index is 12.8. The number of carbonyl (C=O) groups is 2. The molecular formula is C18H25N3O4S. The first-order valence-electron chi connectivity index (χ1n) is 8.24. The summed E-state index contributed by atoms with van der Waals surface area (Å²) in [6.45, 7) is 8.00. The van der Waals surface area contributed by atoms with Crippen LogP contribution < -0.4 is 4.90 Å². The van der Waals surface area contributed by atoms with Gasteiger partial charge in [-0.25, -0.2) is 8.42 Å². The number of hydrogen-bond donors (Lipinski definition) is 0. The second kappa shape index (κ2) is 7.20. The van der Waals surface area contributed by atoms with Gasteiger partial charge >= 0.3 is 0 Å². The minimum absolute atomic E-state index is 0.157. The van der Waals surface area contributed by atoms with Crippen LogP contribution in [-0.4, -0.2) is 67.9 Å². The zero-order chi connectivity index (χ0) is 19.7. The Hall–Kier alpha value is -2.19. The number of likely N-dealkylation sites (N-methyl/N-ethyl adjacent to an activating group) is 1. The molecule has 142 valence electrons. The Labute approximate surface area is 154 Å². The number of piperazine rings is 1. The fourth-order valence-corrected chi connectivity index (χ4v) is 4.57. The van der Waals surface area contributed by atoms with Crippen molar-refractivity contribution in [3.8, 4) is 0 Å². The average Bonchev–Trinajstić information content (AvgIpc) is 2.57. The number of benzene rings is 1. The van der Waals surface area contributed by atoms with Gasteiger partial charge in [0.25, 0.3) is 5.91 Å². The first-order chi connectivity index (χ1) is 12.0. The predicted octanol–water partition coefficient (Wildman–Crippen LogP) is 1.33. The van der Waals surface area contributed by atoms with E-state index in [0.29, 0.717) is 24.3 Å². The Kier molecular flexibility index (Phi) is 5.58. The molecule has 0 radical (unpaired) electrons. The van der Waals surface area contributed by atoms with Gasteiger partial charge in [-0.2, -0.15) is 4.31 Å². The molecule has 1 aromatic carbocycles. The highest BCUT2D eigenvalue weighted by Crippen LogP contribution is 2.25. The van der Waals surface area contributed by atoms with Crippen molar-refractivity contribution in [1.82, 2.24) is 9.21 Å². The zero-order valence-electron chi connectivity index (χ0n) is 15.6. The average molecular weight is 379 g/mol. The van der Waals surface area contributed by atoms with Crippen LogP contribution in [-0.2, 0) is 14.8 Å². The SMILES string of the molecule is C=CC(=O)N(C)c1ccc(C(=O)N2CCN(S(C)(=O)=O)C(C)(C)C2)cc1. The lowest BCUT2D eigenvalue weighted by Crippen LogP contribution is -2.61. The summed E-state index contributed by atoms with van der Waals surface area (Å²) in [5.74, 6) is -0.391. The van der Waals surface area contributed by atoms with Gasteiger partial charge in [0.2, 0.25) is 15.9 Å². The predicted molar refractivity (Wildman–Crippen MR) is 102 cm³/mol. The van der Waals surface area contributed by atoms with Gasteiger partial charge in [-0.15, -0.1) is 0 Å². The summed E-state index contributed by atoms with van der Waals surface area (Å²) in [4.78, 5) is 27.5. The molecule has 0 aromatic heterocycles. The highest BCUT2D eigenvalue weighted by molar-refractivity contribution is 7.88. The molecule has 1 aliphatic rings. The quantitative estimate of drug-likeness (QED) is 0.740. The van der Waals surface area contributed by atoms with Crippen molar-refractivity contribution in [3.05, 3.63) is 42.5 Å². The van der Waals surface area contributed by atoms with E-state index in [1.807, 2.05) is 13.8 Å². The molecule has 8 heteroatoms. The number of sulfonamides is 1. The third-order valence-electron chi connectivity index (χ3n) is 4.52. The monoisotopic (exact) mass is 379 g/mol. The van der Waals surface area contributed by atoms with Gasteiger partial charge in [-0.05, 0) is 44.2 Å². The lowest BCUT2D eigenvalue weighted by Gasteiger charge is -2.45. The Balaban J connectivity index is 2.15. The van der Waals surface area contributed by atoms with Gasteiger partial charge in [0.15, 0.2) is 0 Å². The van der Waals surface area contributed by atoms with Crippen LogP contribution in [0.4, 0.5) is 5.69 Å². The van der Waals surface area contributed by atoms with Gasteiger partial charge in [-0.3, -0.25) is 9.59 Å². The maximum Gasteiger partial charge on any atom is 0.253 e. The fraction of sp³-hybridized carbons (Fsp3) is 0.444. The molecule has 0 saturated carbocycles. The van der Waals surface area contributed by atoms with Crippen LogP contribution in [0.15, 0.2) is 36.9 Å². The van der Waals surface area contributed by atoms with E-state index in [-0.39, 0.29) is 18.4 Å². The summed E-state index contributed by atoms with van der Waals surface area (Å²) in [7, 11) is -1.69. The summed E-state index contributed by atoms with van der Waals surface area (Å²) in [5.41, 5.74) is 0.489. The van der Waals surface area contributed by atoms with Crippen LogP contribution in [0.3, 0.4) is 0 Å². The van der Waals surface area contributed by atoms with E-state index >= 15 is 0 Å². The third-order valence-corrected chi connectivity index (χ3v) is 6.00. The number of anilines is 1. The lowest BCUT2D eigenvalue weighted by atomic mass is 10.0. The van der Waals surface area contributed by atoms with Crippen molar-refractivity contribution >= 4 is 27.5 Å². The normalized spacial score (nSPS) is 17.6. The van der Waals surface area contributed by atoms with Gasteiger partial charge in [0, 0.05) is 43.5 Å². The molecule has 0 bridgehead atoms. The number of amides is 2. The Morgan fingerprint density at radius 3 is 2.23 bits per heavy atom. The minimum Gasteiger partial charge on any atom is -0.335 e. The summed E-state index contributed by atoms with van der Waals surface area (Å²) in [6.07, 6.45) is 2.41. The highest BCUT2D eigenvalue weighted by Gasteiger charge is 2.40. The third kappa shape index (κ3) is 4.13. The van der Waals surface area contributed by atoms with Crippen molar-refractivity contribution < 1.29 is 18.0 Å². The van der Waals surface area contributed by atoms with E-state index < -0.39 is 15.6 Å². The first-order valence-corrected chi connectivity index (χ1v) is 10.1. The summed E-state index contributed by atoms with van der Waals surface area (Å²) < 4.78 is 25.3. The van der Waals surface area contributed by atoms with Crippen molar-refractivity contribution in [2.75, 3.05) is 37.8 Å². The Bertz CT molecular complexity index is 815.